The summed E-state index contributed by atoms with van der Waals surface area (Å²) in [6.45, 7) is -0.621. The number of esters is 1. The van der Waals surface area contributed by atoms with Crippen LogP contribution in [0.3, 0.4) is 0 Å². The van der Waals surface area contributed by atoms with Crippen LogP contribution in [-0.4, -0.2) is 36.2 Å². The number of carbonyl (C=O) groups is 3. The quantitative estimate of drug-likeness (QED) is 0.331. The molecule has 0 fully saturated rings. The molecule has 134 valence electrons. The molecule has 1 amide bonds. The summed E-state index contributed by atoms with van der Waals surface area (Å²) < 4.78 is 4.73. The fourth-order valence-electron chi connectivity index (χ4n) is 2.26. The number of benzene rings is 2. The van der Waals surface area contributed by atoms with Gasteiger partial charge in [0.25, 0.3) is 11.6 Å². The maximum absolute atomic E-state index is 12.7. The molecule has 2 rings (SSSR count). The highest BCUT2D eigenvalue weighted by Gasteiger charge is 2.22. The lowest BCUT2D eigenvalue weighted by atomic mass is 9.97. The maximum atomic E-state index is 12.7. The highest BCUT2D eigenvalue weighted by atomic mass is 16.6. The number of ketones is 1. The predicted octanol–water partition coefficient (Wildman–Crippen LogP) is 1.51. The number of nitrogens with two attached hydrogens (primary N) is 1. The molecule has 3 N–H and O–H groups in total. The first-order valence-electron chi connectivity index (χ1n) is 7.40. The monoisotopic (exact) mass is 357 g/mol. The zero-order valence-corrected chi connectivity index (χ0v) is 13.7. The van der Waals surface area contributed by atoms with Crippen LogP contribution in [0.15, 0.2) is 42.5 Å². The number of hydrogen-bond acceptors (Lipinski definition) is 7. The van der Waals surface area contributed by atoms with Gasteiger partial charge in [-0.1, -0.05) is 18.2 Å². The Balaban J connectivity index is 2.42. The van der Waals surface area contributed by atoms with Crippen LogP contribution in [-0.2, 0) is 9.53 Å². The fraction of sp³-hybridized carbons (Fsp3) is 0.118. The second-order valence-electron chi connectivity index (χ2n) is 5.16. The number of nitrogens with zero attached hydrogens (tertiary/aromatic N) is 1. The van der Waals surface area contributed by atoms with Crippen molar-refractivity contribution in [1.82, 2.24) is 0 Å². The Labute approximate surface area is 147 Å². The number of nitrogens with one attached hydrogen (secondary N) is 1. The minimum Gasteiger partial charge on any atom is -0.452 e. The first kappa shape index (κ1) is 18.6. The second kappa shape index (κ2) is 7.88. The van der Waals surface area contributed by atoms with Crippen molar-refractivity contribution in [2.24, 2.45) is 5.73 Å². The van der Waals surface area contributed by atoms with E-state index in [9.17, 15) is 24.5 Å². The number of carbonyl (C=O) groups excluding carboxylic acids is 3. The third-order valence-corrected chi connectivity index (χ3v) is 3.46. The number of hydrogen-bond donors (Lipinski definition) is 2. The molecule has 2 aromatic rings. The number of anilines is 1. The van der Waals surface area contributed by atoms with Gasteiger partial charge in [-0.05, 0) is 18.2 Å². The molecule has 9 nitrogen and oxygen atoms in total. The number of primary amides is 1. The highest BCUT2D eigenvalue weighted by molar-refractivity contribution is 6.15. The van der Waals surface area contributed by atoms with E-state index in [1.165, 1.54) is 43.4 Å². The Hall–Kier alpha value is -3.75. The zero-order chi connectivity index (χ0) is 19.3. The van der Waals surface area contributed by atoms with Gasteiger partial charge in [0.1, 0.15) is 5.69 Å². The smallest absolute Gasteiger partial charge is 0.339 e. The first-order valence-corrected chi connectivity index (χ1v) is 7.40. The van der Waals surface area contributed by atoms with Crippen LogP contribution >= 0.6 is 0 Å². The van der Waals surface area contributed by atoms with Crippen LogP contribution in [0.4, 0.5) is 11.4 Å². The molecular weight excluding hydrogens is 342 g/mol. The molecule has 9 heteroatoms. The van der Waals surface area contributed by atoms with E-state index in [0.717, 1.165) is 6.07 Å². The summed E-state index contributed by atoms with van der Waals surface area (Å²) in [6, 6.07) is 9.73. The van der Waals surface area contributed by atoms with Crippen molar-refractivity contribution in [3.63, 3.8) is 0 Å². The van der Waals surface area contributed by atoms with Gasteiger partial charge in [-0.25, -0.2) is 4.79 Å². The normalized spacial score (nSPS) is 10.0. The SMILES string of the molecule is CNc1ccc(C(=O)c2ccccc2C(=O)OCC(N)=O)cc1[N+](=O)[O-]. The largest absolute Gasteiger partial charge is 0.452 e. The van der Waals surface area contributed by atoms with Crippen molar-refractivity contribution in [2.75, 3.05) is 19.0 Å². The lowest BCUT2D eigenvalue weighted by molar-refractivity contribution is -0.384. The summed E-state index contributed by atoms with van der Waals surface area (Å²) in [5.41, 5.74) is 4.86. The predicted molar refractivity (Wildman–Crippen MR) is 92.0 cm³/mol. The van der Waals surface area contributed by atoms with E-state index in [4.69, 9.17) is 10.5 Å². The van der Waals surface area contributed by atoms with Crippen LogP contribution in [0.25, 0.3) is 0 Å². The Morgan fingerprint density at radius 3 is 2.38 bits per heavy atom. The molecule has 0 saturated heterocycles. The van der Waals surface area contributed by atoms with Gasteiger partial charge in [0.2, 0.25) is 0 Å². The van der Waals surface area contributed by atoms with Crippen molar-refractivity contribution >= 4 is 29.0 Å². The van der Waals surface area contributed by atoms with Crippen LogP contribution in [0.5, 0.6) is 0 Å². The molecule has 0 spiro atoms. The summed E-state index contributed by atoms with van der Waals surface area (Å²) in [6.07, 6.45) is 0. The molecule has 0 saturated carbocycles. The Bertz CT molecular complexity index is 894. The van der Waals surface area contributed by atoms with Crippen LogP contribution in [0.1, 0.15) is 26.3 Å². The summed E-state index contributed by atoms with van der Waals surface area (Å²) in [4.78, 5) is 46.1. The van der Waals surface area contributed by atoms with E-state index in [2.05, 4.69) is 5.32 Å². The van der Waals surface area contributed by atoms with Crippen molar-refractivity contribution in [1.29, 1.82) is 0 Å². The van der Waals surface area contributed by atoms with Crippen LogP contribution < -0.4 is 11.1 Å². The third-order valence-electron chi connectivity index (χ3n) is 3.46. The number of nitro benzene ring substituents is 1. The van der Waals surface area contributed by atoms with E-state index in [0.29, 0.717) is 0 Å². The molecule has 0 radical (unpaired) electrons. The van der Waals surface area contributed by atoms with Gasteiger partial charge in [-0.3, -0.25) is 19.7 Å². The molecular formula is C17H15N3O6. The summed E-state index contributed by atoms with van der Waals surface area (Å²) in [5, 5.41) is 13.8. The van der Waals surface area contributed by atoms with Crippen LogP contribution in [0.2, 0.25) is 0 Å². The lowest BCUT2D eigenvalue weighted by Crippen LogP contribution is -2.22. The lowest BCUT2D eigenvalue weighted by Gasteiger charge is -2.09. The molecule has 0 aliphatic heterocycles. The van der Waals surface area contributed by atoms with Gasteiger partial charge in [-0.15, -0.1) is 0 Å². The van der Waals surface area contributed by atoms with E-state index < -0.39 is 29.2 Å². The Morgan fingerprint density at radius 2 is 1.81 bits per heavy atom. The van der Waals surface area contributed by atoms with E-state index >= 15 is 0 Å². The van der Waals surface area contributed by atoms with E-state index in [-0.39, 0.29) is 28.1 Å². The number of amides is 1. The van der Waals surface area contributed by atoms with Gasteiger partial charge in [0.05, 0.1) is 10.5 Å². The van der Waals surface area contributed by atoms with Crippen molar-refractivity contribution in [2.45, 2.75) is 0 Å². The van der Waals surface area contributed by atoms with E-state index in [1.54, 1.807) is 0 Å². The Kier molecular flexibility index (Phi) is 5.63. The first-order chi connectivity index (χ1) is 12.3. The second-order valence-corrected chi connectivity index (χ2v) is 5.16. The molecule has 2 aromatic carbocycles. The number of rotatable bonds is 7. The highest BCUT2D eigenvalue weighted by Crippen LogP contribution is 2.27. The third kappa shape index (κ3) is 4.01. The van der Waals surface area contributed by atoms with Gasteiger partial charge in [-0.2, -0.15) is 0 Å². The summed E-state index contributed by atoms with van der Waals surface area (Å²) in [7, 11) is 1.52. The fourth-order valence-corrected chi connectivity index (χ4v) is 2.26. The van der Waals surface area contributed by atoms with Gasteiger partial charge < -0.3 is 15.8 Å². The van der Waals surface area contributed by atoms with Crippen molar-refractivity contribution in [3.8, 4) is 0 Å². The number of ether oxygens (including phenoxy) is 1. The Morgan fingerprint density at radius 1 is 1.15 bits per heavy atom. The molecule has 26 heavy (non-hydrogen) atoms. The van der Waals surface area contributed by atoms with Gasteiger partial charge >= 0.3 is 5.97 Å². The standard InChI is InChI=1S/C17H15N3O6/c1-19-13-7-6-10(8-14(13)20(24)25)16(22)11-4-2-3-5-12(11)17(23)26-9-15(18)21/h2-8,19H,9H2,1H3,(H2,18,21). The van der Waals surface area contributed by atoms with E-state index in [1.807, 2.05) is 0 Å². The minimum atomic E-state index is -0.894. The molecule has 0 unspecified atom stereocenters. The summed E-state index contributed by atoms with van der Waals surface area (Å²) >= 11 is 0. The average Bonchev–Trinajstić information content (AvgIpc) is 2.64. The maximum Gasteiger partial charge on any atom is 0.339 e. The van der Waals surface area contributed by atoms with Gasteiger partial charge in [0, 0.05) is 24.2 Å². The minimum absolute atomic E-state index is 0.00604. The molecule has 0 aromatic heterocycles. The van der Waals surface area contributed by atoms with Crippen molar-refractivity contribution < 1.29 is 24.0 Å². The van der Waals surface area contributed by atoms with Crippen LogP contribution in [0, 0.1) is 10.1 Å². The van der Waals surface area contributed by atoms with Crippen molar-refractivity contribution in [3.05, 3.63) is 69.3 Å². The summed E-state index contributed by atoms with van der Waals surface area (Å²) in [5.74, 6) is -2.32. The topological polar surface area (TPSA) is 142 Å². The molecule has 0 aliphatic rings. The molecule has 0 atom stereocenters. The van der Waals surface area contributed by atoms with Gasteiger partial charge in [0.15, 0.2) is 12.4 Å². The molecule has 0 aliphatic carbocycles. The molecule has 0 bridgehead atoms. The average molecular weight is 357 g/mol. The zero-order valence-electron chi connectivity index (χ0n) is 13.7. The number of nitro groups is 1. The molecule has 0 heterocycles.